The van der Waals surface area contributed by atoms with Crippen molar-refractivity contribution in [1.29, 1.82) is 0 Å². The van der Waals surface area contributed by atoms with Gasteiger partial charge >= 0.3 is 42.7 Å². The quantitative estimate of drug-likeness (QED) is 0.0247. The molecule has 0 aliphatic heterocycles. The molecule has 0 radical (unpaired) electrons. The third-order valence-electron chi connectivity index (χ3n) is 16.2. The van der Waals surface area contributed by atoms with E-state index in [4.69, 9.17) is 58.1 Å². The van der Waals surface area contributed by atoms with E-state index in [0.717, 1.165) is 12.0 Å². The van der Waals surface area contributed by atoms with Gasteiger partial charge in [-0.05, 0) is 55.6 Å². The molecule has 0 N–H and O–H groups in total. The zero-order valence-corrected chi connectivity index (χ0v) is 60.9. The number of hydrogen-bond acceptors (Lipinski definition) is 5. The minimum atomic E-state index is -7.08. The Balaban J connectivity index is 0.000000718. The van der Waals surface area contributed by atoms with Gasteiger partial charge in [0.15, 0.2) is 40.4 Å². The number of benzene rings is 10. The van der Waals surface area contributed by atoms with Crippen molar-refractivity contribution in [2.24, 2.45) is 0 Å². The van der Waals surface area contributed by atoms with Gasteiger partial charge in [0, 0.05) is 6.07 Å². The molecule has 0 atom stereocenters. The van der Waals surface area contributed by atoms with Crippen molar-refractivity contribution in [3.05, 3.63) is 339 Å². The molecule has 10 aromatic rings. The largest absolute Gasteiger partial charge is 1.00 e. The smallest absolute Gasteiger partial charge is 0.483 e. The number of halogens is 23. The van der Waals surface area contributed by atoms with Gasteiger partial charge in [0.25, 0.3) is 0 Å². The summed E-state index contributed by atoms with van der Waals surface area (Å²) in [5.74, 6) is -65.9. The Morgan fingerprint density at radius 1 is 0.304 bits per heavy atom. The van der Waals surface area contributed by atoms with Gasteiger partial charge in [0.05, 0.1) is 0 Å². The molecule has 0 saturated heterocycles. The van der Waals surface area contributed by atoms with Crippen molar-refractivity contribution < 1.29 is 149 Å². The summed E-state index contributed by atoms with van der Waals surface area (Å²) >= 11 is 14.4. The first-order chi connectivity index (χ1) is 51.8. The Kier molecular flexibility index (Phi) is 36.6. The van der Waals surface area contributed by atoms with E-state index in [-0.39, 0.29) is 80.1 Å². The average molecular weight is 1620 g/mol. The first-order valence-electron chi connectivity index (χ1n) is 31.7. The summed E-state index contributed by atoms with van der Waals surface area (Å²) in [6.07, 6.45) is 2.26. The number of hydrogen-bond donors (Lipinski definition) is 0. The van der Waals surface area contributed by atoms with Crippen LogP contribution in [0.5, 0.6) is 28.7 Å². The summed E-state index contributed by atoms with van der Waals surface area (Å²) in [5, 5.41) is 0. The van der Waals surface area contributed by atoms with Gasteiger partial charge in [-0.15, -0.1) is 21.9 Å². The van der Waals surface area contributed by atoms with Gasteiger partial charge in [0.1, 0.15) is 85.7 Å². The second kappa shape index (κ2) is 43.1. The first kappa shape index (κ1) is 95.1. The Labute approximate surface area is 670 Å². The Hall–Kier alpha value is -9.31. The van der Waals surface area contributed by atoms with Crippen molar-refractivity contribution in [3.63, 3.8) is 0 Å². The van der Waals surface area contributed by atoms with Crippen molar-refractivity contribution in [3.8, 4) is 28.7 Å². The fourth-order valence-electron chi connectivity index (χ4n) is 10.6. The minimum Gasteiger partial charge on any atom is -0.483 e. The summed E-state index contributed by atoms with van der Waals surface area (Å²) in [6, 6.07) is 27.8. The van der Waals surface area contributed by atoms with E-state index in [2.05, 4.69) is 46.7 Å². The van der Waals surface area contributed by atoms with E-state index in [1.807, 2.05) is 0 Å². The first-order valence-corrected chi connectivity index (χ1v) is 33.0. The van der Waals surface area contributed by atoms with Crippen LogP contribution in [-0.2, 0) is 33.0 Å². The molecule has 0 aliphatic carbocycles. The molecule has 0 spiro atoms. The molecule has 0 fully saturated rings. The normalized spacial score (nSPS) is 10.6. The molecule has 0 bridgehead atoms. The fourth-order valence-corrected chi connectivity index (χ4v) is 10.6. The van der Waals surface area contributed by atoms with Gasteiger partial charge in [-0.25, -0.2) is 43.9 Å². The van der Waals surface area contributed by atoms with Crippen LogP contribution in [0.3, 0.4) is 0 Å². The molecule has 0 amide bonds. The molecule has 0 unspecified atom stereocenters. The molecule has 10 rings (SSSR count). The monoisotopic (exact) mass is 1620 g/mol. The van der Waals surface area contributed by atoms with Crippen molar-refractivity contribution in [2.75, 3.05) is 0 Å². The second-order valence-corrected chi connectivity index (χ2v) is 24.9. The molecule has 5 nitrogen and oxygen atoms in total. The van der Waals surface area contributed by atoms with Crippen LogP contribution in [0.2, 0.25) is 0 Å². The van der Waals surface area contributed by atoms with Crippen LogP contribution >= 0.6 is 34.4 Å². The Bertz CT molecular complexity index is 4350. The van der Waals surface area contributed by atoms with Crippen molar-refractivity contribution in [2.45, 2.75) is 60.2 Å². The summed E-state index contributed by atoms with van der Waals surface area (Å²) in [5.41, 5.74) is -9.58. The topological polar surface area (TPSA) is 46.2 Å². The van der Waals surface area contributed by atoms with Crippen LogP contribution < -0.4 is 83.3 Å². The van der Waals surface area contributed by atoms with Crippen molar-refractivity contribution >= 4 is 97.7 Å². The van der Waals surface area contributed by atoms with Crippen LogP contribution in [0.15, 0.2) is 160 Å². The van der Waals surface area contributed by atoms with Crippen LogP contribution in [-0.4, -0.2) is 11.1 Å². The fraction of sp³-hybridized carbons (Fsp3) is 0.113. The Morgan fingerprint density at radius 2 is 0.446 bits per heavy atom. The SMILES string of the molecule is C.C=Cc1ccc(COc2c(F)c(F)c([B-](c3c(F)c(F)c(OCc4ccc(C=C)cc4)c(F)c3F)(c3c(F)c(F)c(OCc4ccc(C=C)cc4)c(F)c3F)c3c(F)c(F)c(OCc4ccc(C=C)cc4)c(F)c3F)c(F)c2F)cc1.C=Cc1ccc(COc2c(F)c(F)cc(F)c2F)cc1.ClB(Cl)Cl.[CH2-]CCC.[Li+].[Li+]. The zero-order valence-electron chi connectivity index (χ0n) is 58.6. The molecule has 0 saturated carbocycles. The van der Waals surface area contributed by atoms with Crippen LogP contribution in [0.1, 0.15) is 82.8 Å². The van der Waals surface area contributed by atoms with Gasteiger partial charge in [-0.2, -0.15) is 84.7 Å². The predicted molar refractivity (Wildman–Crippen MR) is 390 cm³/mol. The predicted octanol–water partition coefficient (Wildman–Crippen LogP) is 16.6. The molecule has 0 aliphatic rings. The maximum atomic E-state index is 17.6. The van der Waals surface area contributed by atoms with E-state index < -0.39 is 204 Å². The molecule has 578 valence electrons. The average Bonchev–Trinajstić information content (AvgIpc) is 0.679. The van der Waals surface area contributed by atoms with Crippen LogP contribution in [0.25, 0.3) is 30.4 Å². The molecule has 0 aromatic heterocycles. The molecule has 32 heteroatoms. The van der Waals surface area contributed by atoms with E-state index in [1.165, 1.54) is 128 Å². The maximum absolute atomic E-state index is 17.6. The van der Waals surface area contributed by atoms with Gasteiger partial charge in [-0.3, -0.25) is 0 Å². The van der Waals surface area contributed by atoms with E-state index >= 15 is 70.2 Å². The third-order valence-corrected chi connectivity index (χ3v) is 16.2. The van der Waals surface area contributed by atoms with Gasteiger partial charge < -0.3 is 30.6 Å². The maximum Gasteiger partial charge on any atom is 1.00 e. The van der Waals surface area contributed by atoms with Crippen LogP contribution in [0, 0.1) is 123 Å². The summed E-state index contributed by atoms with van der Waals surface area (Å²) < 4.78 is 352. The summed E-state index contributed by atoms with van der Waals surface area (Å²) in [6.45, 7) is 19.1. The van der Waals surface area contributed by atoms with Gasteiger partial charge in [-0.1, -0.05) is 205 Å². The second-order valence-electron chi connectivity index (χ2n) is 22.9. The van der Waals surface area contributed by atoms with Crippen LogP contribution in [0.4, 0.5) is 87.8 Å². The van der Waals surface area contributed by atoms with E-state index in [1.54, 1.807) is 30.3 Å². The van der Waals surface area contributed by atoms with E-state index in [9.17, 15) is 17.6 Å². The number of rotatable bonds is 25. The summed E-state index contributed by atoms with van der Waals surface area (Å²) in [4.78, 5) is -0.750. The number of ether oxygens (including phenoxy) is 5. The van der Waals surface area contributed by atoms with Gasteiger partial charge in [0.2, 0.25) is 58.2 Å². The minimum absolute atomic E-state index is 0. The summed E-state index contributed by atoms with van der Waals surface area (Å²) in [7, 11) is 0. The van der Waals surface area contributed by atoms with E-state index in [0.29, 0.717) is 27.8 Å². The standard InChI is InChI=1S/C60H36BF16O4.C15H10F4O.C4H9.CH4.BCl3.2Li/c1-5-29-9-17-33(18-10-29)25-78-57-49(70)41(62)37(42(63)50(57)71)61(38-43(64)51(72)58(52(73)44(38)65)79-26-34-19-11-30(6-2)12-20-34,39-45(66)53(74)59(54(75)46(39)67)80-27-35-21-13-31(7-3)14-22-35)40-47(68)55(76)60(56(77)48(40)69)81-28-36-23-15-32(8-4)16-24-36;1-2-9-3-5-10(6-4-9)8-20-15-13(18)11(16)7-12(17)14(15)19;1-3-4-2;;2-1(3)4;;/h5-24H,1-4,25-28H2;2-7H,1,8H2;1,3-4H2,2H3;1H4;;;/q-1;;-1;;;2*+1. The Morgan fingerprint density at radius 3 is 0.580 bits per heavy atom. The zero-order chi connectivity index (χ0) is 80.5. The molecular formula is C80H59B2Cl3F20Li2O5. The molecular weight excluding hydrogens is 1560 g/mol. The third kappa shape index (κ3) is 21.3. The van der Waals surface area contributed by atoms with Crippen molar-refractivity contribution in [1.82, 2.24) is 0 Å². The molecule has 10 aromatic carbocycles. The molecule has 0 heterocycles. The number of unbranched alkanes of at least 4 members (excludes halogenated alkanes) is 1. The molecule has 112 heavy (non-hydrogen) atoms.